The van der Waals surface area contributed by atoms with Crippen molar-refractivity contribution in [2.75, 3.05) is 0 Å². The summed E-state index contributed by atoms with van der Waals surface area (Å²) in [6.45, 7) is 0. The quantitative estimate of drug-likeness (QED) is 0.693. The Labute approximate surface area is 138 Å². The number of para-hydroxylation sites is 2. The van der Waals surface area contributed by atoms with Gasteiger partial charge in [-0.2, -0.15) is 30.7 Å². The zero-order valence-corrected chi connectivity index (χ0v) is 12.2. The van der Waals surface area contributed by atoms with Crippen LogP contribution in [0.25, 0.3) is 22.6 Å². The lowest BCUT2D eigenvalue weighted by Gasteiger charge is -2.27. The van der Waals surface area contributed by atoms with Crippen molar-refractivity contribution >= 4 is 22.6 Å². The molecule has 0 spiro atoms. The van der Waals surface area contributed by atoms with E-state index in [4.69, 9.17) is 0 Å². The Morgan fingerprint density at radius 2 is 1.65 bits per heavy atom. The molecule has 0 aliphatic rings. The monoisotopic (exact) mass is 381 g/mol. The van der Waals surface area contributed by atoms with E-state index in [9.17, 15) is 40.6 Å². The minimum absolute atomic E-state index is 0.0422. The molecule has 0 unspecified atom stereocenters. The first kappa shape index (κ1) is 17.9. The Bertz CT molecular complexity index is 1120. The van der Waals surface area contributed by atoms with Gasteiger partial charge in [-0.1, -0.05) is 12.1 Å². The van der Waals surface area contributed by atoms with Crippen molar-refractivity contribution in [3.05, 3.63) is 46.0 Å². The highest BCUT2D eigenvalue weighted by Crippen LogP contribution is 2.49. The van der Waals surface area contributed by atoms with Crippen molar-refractivity contribution in [1.82, 2.24) is 14.4 Å². The van der Waals surface area contributed by atoms with E-state index in [-0.39, 0.29) is 23.0 Å². The minimum Gasteiger partial charge on any atom is -0.506 e. The summed E-state index contributed by atoms with van der Waals surface area (Å²) in [5.74, 6) is -15.7. The molecule has 0 saturated carbocycles. The average molecular weight is 381 g/mol. The topological polar surface area (TPSA) is 67.5 Å². The van der Waals surface area contributed by atoms with Crippen LogP contribution in [-0.4, -0.2) is 37.5 Å². The molecule has 1 N–H and O–H groups in total. The van der Waals surface area contributed by atoms with Crippen LogP contribution in [0, 0.1) is 0 Å². The maximum absolute atomic E-state index is 13.6. The van der Waals surface area contributed by atoms with Crippen LogP contribution in [-0.2, 0) is 0 Å². The number of alkyl halides is 7. The highest BCUT2D eigenvalue weighted by Gasteiger charge is 2.75. The van der Waals surface area contributed by atoms with Gasteiger partial charge in [0.1, 0.15) is 5.22 Å². The Morgan fingerprint density at radius 1 is 1.04 bits per heavy atom. The summed E-state index contributed by atoms with van der Waals surface area (Å²) in [6, 6.07) is 5.72. The SMILES string of the molecule is O=c1/c(=C(\O)C(F)(F)C(F)(F)C(F)(F)F)cnc2nc3ccccc3n12. The van der Waals surface area contributed by atoms with Crippen molar-refractivity contribution in [2.24, 2.45) is 0 Å². The number of imidazole rings is 1. The normalized spacial score (nSPS) is 14.9. The summed E-state index contributed by atoms with van der Waals surface area (Å²) in [4.78, 5) is 19.7. The fraction of sp³-hybridized carbons (Fsp3) is 0.214. The Morgan fingerprint density at radius 3 is 2.27 bits per heavy atom. The van der Waals surface area contributed by atoms with Crippen LogP contribution in [0.1, 0.15) is 0 Å². The van der Waals surface area contributed by atoms with E-state index < -0.39 is 34.6 Å². The third kappa shape index (κ3) is 2.28. The second-order valence-corrected chi connectivity index (χ2v) is 5.21. The first-order valence-corrected chi connectivity index (χ1v) is 6.72. The molecule has 2 aromatic heterocycles. The molecule has 0 atom stereocenters. The molecule has 0 fully saturated rings. The fourth-order valence-electron chi connectivity index (χ4n) is 2.26. The van der Waals surface area contributed by atoms with E-state index in [1.54, 1.807) is 0 Å². The van der Waals surface area contributed by atoms with Crippen molar-refractivity contribution < 1.29 is 35.8 Å². The first-order chi connectivity index (χ1) is 11.9. The number of aromatic nitrogens is 3. The number of halogens is 7. The summed E-state index contributed by atoms with van der Waals surface area (Å²) in [7, 11) is 0. The van der Waals surface area contributed by atoms with Crippen LogP contribution in [0.3, 0.4) is 0 Å². The molecule has 0 amide bonds. The van der Waals surface area contributed by atoms with Gasteiger partial charge >= 0.3 is 18.0 Å². The number of benzene rings is 1. The van der Waals surface area contributed by atoms with E-state index in [2.05, 4.69) is 9.97 Å². The highest BCUT2D eigenvalue weighted by molar-refractivity contribution is 5.79. The molecular formula is C14H6F7N3O2. The van der Waals surface area contributed by atoms with Crippen LogP contribution in [0.4, 0.5) is 30.7 Å². The predicted octanol–water partition coefficient (Wildman–Crippen LogP) is 2.46. The van der Waals surface area contributed by atoms with Crippen molar-refractivity contribution in [1.29, 1.82) is 0 Å². The summed E-state index contributed by atoms with van der Waals surface area (Å²) in [5.41, 5.74) is -1.24. The van der Waals surface area contributed by atoms with Gasteiger partial charge in [0.25, 0.3) is 5.56 Å². The molecule has 0 aliphatic carbocycles. The van der Waals surface area contributed by atoms with Crippen LogP contribution in [0.15, 0.2) is 35.3 Å². The van der Waals surface area contributed by atoms with Crippen LogP contribution >= 0.6 is 0 Å². The minimum atomic E-state index is -6.66. The number of rotatable bonds is 2. The standard InChI is InChI=1S/C14H6F7N3O2/c15-12(16,13(17,18)14(19,20)21)9(25)6-5-22-11-23-7-3-1-2-4-8(7)24(11)10(6)26/h1-5,25H/b9-6-. The average Bonchev–Trinajstić information content (AvgIpc) is 2.92. The van der Waals surface area contributed by atoms with Gasteiger partial charge in [-0.05, 0) is 12.1 Å². The number of hydrogen-bond acceptors (Lipinski definition) is 4. The van der Waals surface area contributed by atoms with Crippen LogP contribution < -0.4 is 10.8 Å². The Hall–Kier alpha value is -2.92. The smallest absolute Gasteiger partial charge is 0.460 e. The first-order valence-electron chi connectivity index (χ1n) is 6.72. The number of hydrogen-bond donors (Lipinski definition) is 1. The molecule has 0 bridgehead atoms. The molecule has 0 radical (unpaired) electrons. The largest absolute Gasteiger partial charge is 0.506 e. The van der Waals surface area contributed by atoms with Gasteiger partial charge in [0.05, 0.1) is 11.0 Å². The molecule has 5 nitrogen and oxygen atoms in total. The van der Waals surface area contributed by atoms with Gasteiger partial charge in [0.15, 0.2) is 5.76 Å². The molecule has 12 heteroatoms. The highest BCUT2D eigenvalue weighted by atomic mass is 19.4. The second kappa shape index (κ2) is 5.29. The lowest BCUT2D eigenvalue weighted by Crippen LogP contribution is -2.54. The Kier molecular flexibility index (Phi) is 3.64. The van der Waals surface area contributed by atoms with Crippen LogP contribution in [0.2, 0.25) is 0 Å². The van der Waals surface area contributed by atoms with Gasteiger partial charge in [-0.25, -0.2) is 14.4 Å². The lowest BCUT2D eigenvalue weighted by molar-refractivity contribution is -0.342. The van der Waals surface area contributed by atoms with E-state index >= 15 is 0 Å². The maximum Gasteiger partial charge on any atom is 0.460 e. The zero-order valence-electron chi connectivity index (χ0n) is 12.2. The molecule has 138 valence electrons. The van der Waals surface area contributed by atoms with Gasteiger partial charge in [-0.15, -0.1) is 0 Å². The van der Waals surface area contributed by atoms with Gasteiger partial charge < -0.3 is 5.11 Å². The number of aliphatic hydroxyl groups excluding tert-OH is 1. The summed E-state index contributed by atoms with van der Waals surface area (Å²) < 4.78 is 90.8. The van der Waals surface area contributed by atoms with E-state index in [0.717, 1.165) is 0 Å². The summed E-state index contributed by atoms with van der Waals surface area (Å²) >= 11 is 0. The second-order valence-electron chi connectivity index (χ2n) is 5.21. The molecule has 1 aromatic carbocycles. The number of fused-ring (bicyclic) bond motifs is 3. The lowest BCUT2D eigenvalue weighted by atomic mass is 10.1. The zero-order chi connectivity index (χ0) is 19.5. The molecule has 2 heterocycles. The van der Waals surface area contributed by atoms with E-state index in [1.807, 2.05) is 0 Å². The molecular weight excluding hydrogens is 375 g/mol. The third-order valence-corrected chi connectivity index (χ3v) is 3.59. The van der Waals surface area contributed by atoms with E-state index in [0.29, 0.717) is 4.40 Å². The predicted molar refractivity (Wildman–Crippen MR) is 74.0 cm³/mol. The van der Waals surface area contributed by atoms with Crippen LogP contribution in [0.5, 0.6) is 0 Å². The molecule has 3 rings (SSSR count). The maximum atomic E-state index is 13.6. The van der Waals surface area contributed by atoms with Crippen molar-refractivity contribution in [3.8, 4) is 0 Å². The molecule has 26 heavy (non-hydrogen) atoms. The van der Waals surface area contributed by atoms with Gasteiger partial charge in [0.2, 0.25) is 5.78 Å². The van der Waals surface area contributed by atoms with Crippen molar-refractivity contribution in [3.63, 3.8) is 0 Å². The fourth-order valence-corrected chi connectivity index (χ4v) is 2.26. The third-order valence-electron chi connectivity index (χ3n) is 3.59. The van der Waals surface area contributed by atoms with E-state index in [1.165, 1.54) is 24.3 Å². The Balaban J connectivity index is 2.38. The molecule has 3 aromatic rings. The van der Waals surface area contributed by atoms with Gasteiger partial charge in [0, 0.05) is 6.20 Å². The molecule has 0 saturated heterocycles. The van der Waals surface area contributed by atoms with Crippen molar-refractivity contribution in [2.45, 2.75) is 18.0 Å². The van der Waals surface area contributed by atoms with Gasteiger partial charge in [-0.3, -0.25) is 4.79 Å². The summed E-state index contributed by atoms with van der Waals surface area (Å²) in [5, 5.41) is 7.91. The molecule has 0 aliphatic heterocycles. The number of aliphatic hydroxyl groups is 1. The summed E-state index contributed by atoms with van der Waals surface area (Å²) in [6.07, 6.45) is -6.40. The number of nitrogens with zero attached hydrogens (tertiary/aromatic N) is 3.